The van der Waals surface area contributed by atoms with Gasteiger partial charge in [-0.05, 0) is 30.2 Å². The van der Waals surface area contributed by atoms with Crippen LogP contribution < -0.4 is 5.32 Å². The highest BCUT2D eigenvalue weighted by Gasteiger charge is 2.13. The SMILES string of the molecule is Cc1ccncc1CNC(=O)c1cc(Cl)nnc1Cl. The van der Waals surface area contributed by atoms with Gasteiger partial charge in [0, 0.05) is 18.9 Å². The number of halogens is 2. The van der Waals surface area contributed by atoms with Gasteiger partial charge in [0.05, 0.1) is 5.56 Å². The third kappa shape index (κ3) is 3.39. The lowest BCUT2D eigenvalue weighted by Crippen LogP contribution is -2.24. The standard InChI is InChI=1S/C12H10Cl2N4O/c1-7-2-3-15-5-8(7)6-16-12(19)9-4-10(13)17-18-11(9)14/h2-5H,6H2,1H3,(H,16,19). The van der Waals surface area contributed by atoms with Crippen LogP contribution in [0, 0.1) is 6.92 Å². The lowest BCUT2D eigenvalue weighted by atomic mass is 10.1. The fraction of sp³-hybridized carbons (Fsp3) is 0.167. The van der Waals surface area contributed by atoms with Crippen molar-refractivity contribution in [2.24, 2.45) is 0 Å². The Balaban J connectivity index is 2.10. The van der Waals surface area contributed by atoms with E-state index in [1.165, 1.54) is 6.07 Å². The van der Waals surface area contributed by atoms with Crippen molar-refractivity contribution in [1.82, 2.24) is 20.5 Å². The highest BCUT2D eigenvalue weighted by molar-refractivity contribution is 6.34. The monoisotopic (exact) mass is 296 g/mol. The zero-order valence-electron chi connectivity index (χ0n) is 10.0. The smallest absolute Gasteiger partial charge is 0.254 e. The maximum atomic E-state index is 12.0. The third-order valence-corrected chi connectivity index (χ3v) is 3.01. The van der Waals surface area contributed by atoms with Crippen molar-refractivity contribution in [3.8, 4) is 0 Å². The molecule has 0 unspecified atom stereocenters. The Labute approximate surface area is 120 Å². The van der Waals surface area contributed by atoms with Gasteiger partial charge in [-0.1, -0.05) is 23.2 Å². The van der Waals surface area contributed by atoms with E-state index in [9.17, 15) is 4.79 Å². The molecule has 7 heteroatoms. The number of aryl methyl sites for hydroxylation is 1. The Morgan fingerprint density at radius 2 is 2.16 bits per heavy atom. The van der Waals surface area contributed by atoms with Crippen molar-refractivity contribution in [1.29, 1.82) is 0 Å². The Morgan fingerprint density at radius 1 is 1.37 bits per heavy atom. The van der Waals surface area contributed by atoms with Gasteiger partial charge in [-0.3, -0.25) is 9.78 Å². The lowest BCUT2D eigenvalue weighted by molar-refractivity contribution is 0.0950. The molecule has 2 aromatic heterocycles. The fourth-order valence-electron chi connectivity index (χ4n) is 1.46. The Hall–Kier alpha value is -1.72. The number of nitrogens with zero attached hydrogens (tertiary/aromatic N) is 3. The summed E-state index contributed by atoms with van der Waals surface area (Å²) in [7, 11) is 0. The van der Waals surface area contributed by atoms with Gasteiger partial charge < -0.3 is 5.32 Å². The van der Waals surface area contributed by atoms with Crippen molar-refractivity contribution in [3.63, 3.8) is 0 Å². The van der Waals surface area contributed by atoms with E-state index in [-0.39, 0.29) is 21.8 Å². The van der Waals surface area contributed by atoms with Crippen molar-refractivity contribution < 1.29 is 4.79 Å². The number of pyridine rings is 1. The van der Waals surface area contributed by atoms with Crippen LogP contribution in [-0.4, -0.2) is 21.1 Å². The first-order valence-corrected chi connectivity index (χ1v) is 6.20. The van der Waals surface area contributed by atoms with Crippen molar-refractivity contribution in [2.45, 2.75) is 13.5 Å². The third-order valence-electron chi connectivity index (χ3n) is 2.55. The van der Waals surface area contributed by atoms with Crippen LogP contribution in [0.5, 0.6) is 0 Å². The molecule has 0 spiro atoms. The molecule has 0 aliphatic rings. The predicted octanol–water partition coefficient (Wildman–Crippen LogP) is 2.42. The summed E-state index contributed by atoms with van der Waals surface area (Å²) < 4.78 is 0. The fourth-order valence-corrected chi connectivity index (χ4v) is 1.79. The Morgan fingerprint density at radius 3 is 2.89 bits per heavy atom. The van der Waals surface area contributed by atoms with Crippen molar-refractivity contribution in [3.05, 3.63) is 51.5 Å². The topological polar surface area (TPSA) is 67.8 Å². The predicted molar refractivity (Wildman–Crippen MR) is 72.2 cm³/mol. The van der Waals surface area contributed by atoms with Crippen LogP contribution >= 0.6 is 23.2 Å². The van der Waals surface area contributed by atoms with Crippen LogP contribution in [-0.2, 0) is 6.54 Å². The molecule has 0 aromatic carbocycles. The normalized spacial score (nSPS) is 10.3. The van der Waals surface area contributed by atoms with Crippen LogP contribution in [0.2, 0.25) is 10.3 Å². The summed E-state index contributed by atoms with van der Waals surface area (Å²) in [6.07, 6.45) is 3.40. The molecule has 0 fully saturated rings. The number of aromatic nitrogens is 3. The highest BCUT2D eigenvalue weighted by Crippen LogP contribution is 2.15. The molecular weight excluding hydrogens is 287 g/mol. The lowest BCUT2D eigenvalue weighted by Gasteiger charge is -2.08. The van der Waals surface area contributed by atoms with Crippen LogP contribution in [0.1, 0.15) is 21.5 Å². The van der Waals surface area contributed by atoms with Gasteiger partial charge in [-0.2, -0.15) is 0 Å². The van der Waals surface area contributed by atoms with Crippen LogP contribution in [0.3, 0.4) is 0 Å². The van der Waals surface area contributed by atoms with Crippen molar-refractivity contribution in [2.75, 3.05) is 0 Å². The number of amides is 1. The van der Waals surface area contributed by atoms with Gasteiger partial charge in [-0.25, -0.2) is 0 Å². The maximum Gasteiger partial charge on any atom is 0.254 e. The molecule has 1 amide bonds. The molecule has 0 bridgehead atoms. The largest absolute Gasteiger partial charge is 0.348 e. The van der Waals surface area contributed by atoms with E-state index in [1.54, 1.807) is 12.4 Å². The zero-order valence-corrected chi connectivity index (χ0v) is 11.5. The van der Waals surface area contributed by atoms with Gasteiger partial charge in [0.15, 0.2) is 10.3 Å². The number of carbonyl (C=O) groups is 1. The second kappa shape index (κ2) is 5.95. The zero-order chi connectivity index (χ0) is 13.8. The first-order valence-electron chi connectivity index (χ1n) is 5.44. The summed E-state index contributed by atoms with van der Waals surface area (Å²) in [6, 6.07) is 3.25. The van der Waals surface area contributed by atoms with Gasteiger partial charge in [0.1, 0.15) is 0 Å². The Kier molecular flexibility index (Phi) is 4.29. The minimum Gasteiger partial charge on any atom is -0.348 e. The van der Waals surface area contributed by atoms with E-state index in [2.05, 4.69) is 20.5 Å². The second-order valence-corrected chi connectivity index (χ2v) is 4.60. The van der Waals surface area contributed by atoms with E-state index in [0.29, 0.717) is 6.54 Å². The molecular formula is C12H10Cl2N4O. The van der Waals surface area contributed by atoms with Crippen LogP contribution in [0.25, 0.3) is 0 Å². The molecule has 0 aliphatic carbocycles. The number of hydrogen-bond donors (Lipinski definition) is 1. The molecule has 19 heavy (non-hydrogen) atoms. The van der Waals surface area contributed by atoms with E-state index in [4.69, 9.17) is 23.2 Å². The van der Waals surface area contributed by atoms with Gasteiger partial charge in [-0.15, -0.1) is 10.2 Å². The molecule has 5 nitrogen and oxygen atoms in total. The molecule has 2 rings (SSSR count). The number of carbonyl (C=O) groups excluding carboxylic acids is 1. The first-order chi connectivity index (χ1) is 9.08. The van der Waals surface area contributed by atoms with Crippen molar-refractivity contribution >= 4 is 29.1 Å². The summed E-state index contributed by atoms with van der Waals surface area (Å²) in [5.41, 5.74) is 2.18. The summed E-state index contributed by atoms with van der Waals surface area (Å²) >= 11 is 11.5. The van der Waals surface area contributed by atoms with Gasteiger partial charge >= 0.3 is 0 Å². The minimum absolute atomic E-state index is 0.0183. The van der Waals surface area contributed by atoms with Crippen LogP contribution in [0.4, 0.5) is 0 Å². The molecule has 0 atom stereocenters. The quantitative estimate of drug-likeness (QED) is 0.944. The van der Waals surface area contributed by atoms with E-state index in [0.717, 1.165) is 11.1 Å². The molecule has 0 saturated carbocycles. The maximum absolute atomic E-state index is 12.0. The first kappa shape index (κ1) is 13.7. The average Bonchev–Trinajstić information content (AvgIpc) is 2.40. The summed E-state index contributed by atoms with van der Waals surface area (Å²) in [5, 5.41) is 10.0. The molecule has 0 radical (unpaired) electrons. The molecule has 2 heterocycles. The molecule has 0 saturated heterocycles. The average molecular weight is 297 g/mol. The minimum atomic E-state index is -0.356. The van der Waals surface area contributed by atoms with E-state index in [1.807, 2.05) is 13.0 Å². The Bertz CT molecular complexity index is 618. The van der Waals surface area contributed by atoms with Crippen LogP contribution in [0.15, 0.2) is 24.5 Å². The molecule has 1 N–H and O–H groups in total. The molecule has 98 valence electrons. The molecule has 0 aliphatic heterocycles. The van der Waals surface area contributed by atoms with Gasteiger partial charge in [0.2, 0.25) is 0 Å². The van der Waals surface area contributed by atoms with E-state index >= 15 is 0 Å². The summed E-state index contributed by atoms with van der Waals surface area (Å²) in [6.45, 7) is 2.30. The highest BCUT2D eigenvalue weighted by atomic mass is 35.5. The molecule has 2 aromatic rings. The van der Waals surface area contributed by atoms with E-state index < -0.39 is 0 Å². The number of rotatable bonds is 3. The van der Waals surface area contributed by atoms with Gasteiger partial charge in [0.25, 0.3) is 5.91 Å². The summed E-state index contributed by atoms with van der Waals surface area (Å²) in [4.78, 5) is 16.0. The number of hydrogen-bond acceptors (Lipinski definition) is 4. The summed E-state index contributed by atoms with van der Waals surface area (Å²) in [5.74, 6) is -0.356. The second-order valence-electron chi connectivity index (χ2n) is 3.86. The number of nitrogens with one attached hydrogen (secondary N) is 1.